The van der Waals surface area contributed by atoms with E-state index >= 15 is 0 Å². The first-order valence-corrected chi connectivity index (χ1v) is 6.07. The molecule has 2 nitrogen and oxygen atoms in total. The van der Waals surface area contributed by atoms with E-state index in [9.17, 15) is 0 Å². The Morgan fingerprint density at radius 2 is 1.88 bits per heavy atom. The van der Waals surface area contributed by atoms with Crippen molar-refractivity contribution >= 4 is 0 Å². The molecule has 1 aliphatic heterocycles. The molecule has 0 spiro atoms. The highest BCUT2D eigenvalue weighted by atomic mass is 16.5. The predicted octanol–water partition coefficient (Wildman–Crippen LogP) is 2.78. The van der Waals surface area contributed by atoms with Gasteiger partial charge >= 0.3 is 0 Å². The van der Waals surface area contributed by atoms with Gasteiger partial charge in [0.15, 0.2) is 0 Å². The van der Waals surface area contributed by atoms with Crippen molar-refractivity contribution in [2.75, 3.05) is 20.1 Å². The van der Waals surface area contributed by atoms with Gasteiger partial charge < -0.3 is 9.64 Å². The monoisotopic (exact) mass is 219 g/mol. The molecule has 1 aromatic rings. The molecule has 1 aromatic carbocycles. The van der Waals surface area contributed by atoms with Gasteiger partial charge in [0.2, 0.25) is 0 Å². The molecule has 0 aromatic heterocycles. The van der Waals surface area contributed by atoms with Crippen molar-refractivity contribution in [3.63, 3.8) is 0 Å². The maximum Gasteiger partial charge on any atom is 0.122 e. The quantitative estimate of drug-likeness (QED) is 0.758. The third kappa shape index (κ3) is 2.76. The molecule has 2 heteroatoms. The lowest BCUT2D eigenvalue weighted by atomic mass is 10.1. The minimum Gasteiger partial charge on any atom is -0.490 e. The van der Waals surface area contributed by atoms with E-state index in [0.717, 1.165) is 31.7 Å². The Morgan fingerprint density at radius 3 is 2.50 bits per heavy atom. The Kier molecular flexibility index (Phi) is 3.49. The van der Waals surface area contributed by atoms with E-state index in [1.807, 2.05) is 0 Å². The summed E-state index contributed by atoms with van der Waals surface area (Å²) in [7, 11) is 2.17. The Labute approximate surface area is 98.2 Å². The second-order valence-electron chi connectivity index (χ2n) is 4.89. The summed E-state index contributed by atoms with van der Waals surface area (Å²) in [5.74, 6) is 1.06. The molecule has 1 heterocycles. The van der Waals surface area contributed by atoms with Gasteiger partial charge in [0.05, 0.1) is 0 Å². The van der Waals surface area contributed by atoms with Crippen LogP contribution in [0, 0.1) is 13.8 Å². The fraction of sp³-hybridized carbons (Fsp3) is 0.571. The second kappa shape index (κ2) is 4.88. The number of benzene rings is 1. The van der Waals surface area contributed by atoms with Gasteiger partial charge in [0, 0.05) is 13.1 Å². The molecule has 0 atom stereocenters. The van der Waals surface area contributed by atoms with E-state index in [1.54, 1.807) is 0 Å². The Hall–Kier alpha value is -1.02. The first kappa shape index (κ1) is 11.5. The van der Waals surface area contributed by atoms with Gasteiger partial charge in [0.25, 0.3) is 0 Å². The fourth-order valence-corrected chi connectivity index (χ4v) is 2.21. The standard InChI is InChI=1S/C14H21NO/c1-11-4-5-14(12(2)10-11)16-13-6-8-15(3)9-7-13/h4-5,10,13H,6-9H2,1-3H3. The van der Waals surface area contributed by atoms with Crippen LogP contribution in [-0.4, -0.2) is 31.1 Å². The van der Waals surface area contributed by atoms with E-state index in [-0.39, 0.29) is 0 Å². The van der Waals surface area contributed by atoms with Gasteiger partial charge in [-0.15, -0.1) is 0 Å². The van der Waals surface area contributed by atoms with Crippen molar-refractivity contribution in [1.29, 1.82) is 0 Å². The zero-order valence-corrected chi connectivity index (χ0v) is 10.5. The molecule has 1 fully saturated rings. The van der Waals surface area contributed by atoms with E-state index in [2.05, 4.69) is 44.0 Å². The number of aryl methyl sites for hydroxylation is 2. The summed E-state index contributed by atoms with van der Waals surface area (Å²) >= 11 is 0. The summed E-state index contributed by atoms with van der Waals surface area (Å²) in [4.78, 5) is 2.36. The van der Waals surface area contributed by atoms with Gasteiger partial charge in [-0.3, -0.25) is 0 Å². The van der Waals surface area contributed by atoms with Crippen LogP contribution in [0.25, 0.3) is 0 Å². The zero-order valence-electron chi connectivity index (χ0n) is 10.5. The van der Waals surface area contributed by atoms with Gasteiger partial charge in [-0.2, -0.15) is 0 Å². The summed E-state index contributed by atoms with van der Waals surface area (Å²) in [5.41, 5.74) is 2.55. The number of piperidine rings is 1. The molecule has 0 amide bonds. The predicted molar refractivity (Wildman–Crippen MR) is 67.1 cm³/mol. The van der Waals surface area contributed by atoms with Crippen LogP contribution in [0.1, 0.15) is 24.0 Å². The summed E-state index contributed by atoms with van der Waals surface area (Å²) in [5, 5.41) is 0. The molecule has 1 aliphatic rings. The smallest absolute Gasteiger partial charge is 0.122 e. The maximum atomic E-state index is 6.06. The molecular formula is C14H21NO. The average Bonchev–Trinajstić information content (AvgIpc) is 2.25. The van der Waals surface area contributed by atoms with Crippen LogP contribution in [0.15, 0.2) is 18.2 Å². The van der Waals surface area contributed by atoms with Crippen molar-refractivity contribution < 1.29 is 4.74 Å². The van der Waals surface area contributed by atoms with Crippen molar-refractivity contribution in [3.8, 4) is 5.75 Å². The first-order valence-electron chi connectivity index (χ1n) is 6.07. The van der Waals surface area contributed by atoms with Crippen LogP contribution in [0.3, 0.4) is 0 Å². The van der Waals surface area contributed by atoms with Crippen molar-refractivity contribution in [1.82, 2.24) is 4.90 Å². The normalized spacial score (nSPS) is 18.7. The van der Waals surface area contributed by atoms with Crippen LogP contribution >= 0.6 is 0 Å². The highest BCUT2D eigenvalue weighted by molar-refractivity contribution is 5.35. The SMILES string of the molecule is Cc1ccc(OC2CCN(C)CC2)c(C)c1. The lowest BCUT2D eigenvalue weighted by Crippen LogP contribution is -2.35. The van der Waals surface area contributed by atoms with Gasteiger partial charge in [-0.1, -0.05) is 17.7 Å². The lowest BCUT2D eigenvalue weighted by Gasteiger charge is -2.29. The molecule has 0 unspecified atom stereocenters. The van der Waals surface area contributed by atoms with Crippen molar-refractivity contribution in [2.45, 2.75) is 32.8 Å². The molecule has 1 saturated heterocycles. The largest absolute Gasteiger partial charge is 0.490 e. The number of nitrogens with zero attached hydrogens (tertiary/aromatic N) is 1. The number of rotatable bonds is 2. The summed E-state index contributed by atoms with van der Waals surface area (Å²) < 4.78 is 6.06. The third-order valence-corrected chi connectivity index (χ3v) is 3.29. The summed E-state index contributed by atoms with van der Waals surface area (Å²) in [6, 6.07) is 6.41. The van der Waals surface area contributed by atoms with Crippen molar-refractivity contribution in [2.24, 2.45) is 0 Å². The molecule has 16 heavy (non-hydrogen) atoms. The molecule has 0 N–H and O–H groups in total. The number of ether oxygens (including phenoxy) is 1. The highest BCUT2D eigenvalue weighted by Crippen LogP contribution is 2.23. The van der Waals surface area contributed by atoms with E-state index < -0.39 is 0 Å². The number of hydrogen-bond acceptors (Lipinski definition) is 2. The first-order chi connectivity index (χ1) is 7.65. The maximum absolute atomic E-state index is 6.06. The van der Waals surface area contributed by atoms with Crippen LogP contribution in [0.4, 0.5) is 0 Å². The van der Waals surface area contributed by atoms with Gasteiger partial charge in [0.1, 0.15) is 11.9 Å². The molecule has 0 bridgehead atoms. The van der Waals surface area contributed by atoms with Gasteiger partial charge in [-0.05, 0) is 45.4 Å². The minimum absolute atomic E-state index is 0.401. The van der Waals surface area contributed by atoms with Crippen LogP contribution in [0.5, 0.6) is 5.75 Å². The highest BCUT2D eigenvalue weighted by Gasteiger charge is 2.18. The summed E-state index contributed by atoms with van der Waals surface area (Å²) in [6.07, 6.45) is 2.69. The molecule has 2 rings (SSSR count). The molecule has 0 saturated carbocycles. The Bertz CT molecular complexity index is 354. The van der Waals surface area contributed by atoms with Crippen LogP contribution < -0.4 is 4.74 Å². The second-order valence-corrected chi connectivity index (χ2v) is 4.89. The fourth-order valence-electron chi connectivity index (χ4n) is 2.21. The van der Waals surface area contributed by atoms with E-state index in [4.69, 9.17) is 4.74 Å². The molecule has 88 valence electrons. The van der Waals surface area contributed by atoms with Crippen LogP contribution in [0.2, 0.25) is 0 Å². The van der Waals surface area contributed by atoms with Crippen molar-refractivity contribution in [3.05, 3.63) is 29.3 Å². The minimum atomic E-state index is 0.401. The lowest BCUT2D eigenvalue weighted by molar-refractivity contribution is 0.113. The topological polar surface area (TPSA) is 12.5 Å². The van der Waals surface area contributed by atoms with Crippen LogP contribution in [-0.2, 0) is 0 Å². The number of hydrogen-bond donors (Lipinski definition) is 0. The molecule has 0 aliphatic carbocycles. The Balaban J connectivity index is 1.98. The molecular weight excluding hydrogens is 198 g/mol. The van der Waals surface area contributed by atoms with E-state index in [1.165, 1.54) is 11.1 Å². The van der Waals surface area contributed by atoms with E-state index in [0.29, 0.717) is 6.10 Å². The summed E-state index contributed by atoms with van der Waals surface area (Å²) in [6.45, 7) is 6.54. The third-order valence-electron chi connectivity index (χ3n) is 3.29. The average molecular weight is 219 g/mol. The van der Waals surface area contributed by atoms with Gasteiger partial charge in [-0.25, -0.2) is 0 Å². The zero-order chi connectivity index (χ0) is 11.5. The molecule has 0 radical (unpaired) electrons. The number of likely N-dealkylation sites (tertiary alicyclic amines) is 1. The Morgan fingerprint density at radius 1 is 1.19 bits per heavy atom.